The molecule has 1 aliphatic heterocycles. The Morgan fingerprint density at radius 2 is 2.16 bits per heavy atom. The molecule has 2 heterocycles. The molecule has 0 aromatic carbocycles. The predicted molar refractivity (Wildman–Crippen MR) is 80.8 cm³/mol. The normalized spacial score (nSPS) is 21.2. The third-order valence-electron chi connectivity index (χ3n) is 2.98. The Hall–Kier alpha value is 0.630. The minimum atomic E-state index is -3.65. The maximum atomic E-state index is 12.7. The van der Waals surface area contributed by atoms with Crippen LogP contribution in [0.4, 0.5) is 0 Å². The molecule has 0 radical (unpaired) electrons. The summed E-state index contributed by atoms with van der Waals surface area (Å²) in [7, 11) is -2.09. The number of thiophene rings is 1. The molecule has 4 nitrogen and oxygen atoms in total. The van der Waals surface area contributed by atoms with Crippen LogP contribution in [0.5, 0.6) is 0 Å². The van der Waals surface area contributed by atoms with Crippen molar-refractivity contribution in [3.8, 4) is 0 Å². The highest BCUT2D eigenvalue weighted by molar-refractivity contribution is 9.10. The van der Waals surface area contributed by atoms with E-state index in [0.717, 1.165) is 24.2 Å². The molecule has 1 saturated heterocycles. The Bertz CT molecular complexity index is 576. The van der Waals surface area contributed by atoms with Gasteiger partial charge in [0.25, 0.3) is 0 Å². The molecule has 19 heavy (non-hydrogen) atoms. The molecular formula is C10H12BrCl2NO3S2. The van der Waals surface area contributed by atoms with E-state index in [2.05, 4.69) is 15.9 Å². The molecule has 0 spiro atoms. The van der Waals surface area contributed by atoms with E-state index in [1.165, 1.54) is 4.31 Å². The smallest absolute Gasteiger partial charge is 0.246 e. The average molecular weight is 409 g/mol. The van der Waals surface area contributed by atoms with Crippen LogP contribution in [0.1, 0.15) is 12.8 Å². The van der Waals surface area contributed by atoms with Gasteiger partial charge >= 0.3 is 0 Å². The van der Waals surface area contributed by atoms with Gasteiger partial charge in [0.1, 0.15) is 13.6 Å². The summed E-state index contributed by atoms with van der Waals surface area (Å²) in [6.45, 7) is 0.860. The third-order valence-corrected chi connectivity index (χ3v) is 8.40. The summed E-state index contributed by atoms with van der Waals surface area (Å²) in [6.07, 6.45) is 1.61. The molecule has 0 aliphatic carbocycles. The molecule has 0 bridgehead atoms. The summed E-state index contributed by atoms with van der Waals surface area (Å²) in [4.78, 5) is 0.0622. The molecule has 0 N–H and O–H groups in total. The maximum absolute atomic E-state index is 12.7. The lowest BCUT2D eigenvalue weighted by Gasteiger charge is -2.23. The number of methoxy groups -OCH3 is 1. The first-order valence-corrected chi connectivity index (χ1v) is 9.34. The highest BCUT2D eigenvalue weighted by atomic mass is 79.9. The molecular weight excluding hydrogens is 397 g/mol. The third kappa shape index (κ3) is 2.97. The van der Waals surface area contributed by atoms with Crippen LogP contribution in [-0.4, -0.2) is 39.0 Å². The lowest BCUT2D eigenvalue weighted by atomic mass is 10.2. The van der Waals surface area contributed by atoms with Crippen molar-refractivity contribution in [1.29, 1.82) is 0 Å². The fourth-order valence-electron chi connectivity index (χ4n) is 2.16. The molecule has 9 heteroatoms. The van der Waals surface area contributed by atoms with Crippen LogP contribution >= 0.6 is 50.5 Å². The fourth-order valence-corrected chi connectivity index (χ4v) is 7.32. The van der Waals surface area contributed by atoms with Crippen molar-refractivity contribution in [2.75, 3.05) is 20.3 Å². The summed E-state index contributed by atoms with van der Waals surface area (Å²) in [5, 5.41) is 0. The maximum Gasteiger partial charge on any atom is 0.246 e. The lowest BCUT2D eigenvalue weighted by Crippen LogP contribution is -2.38. The number of rotatable bonds is 4. The van der Waals surface area contributed by atoms with Gasteiger partial charge in [0, 0.05) is 19.7 Å². The van der Waals surface area contributed by atoms with Gasteiger partial charge in [-0.05, 0) is 28.8 Å². The van der Waals surface area contributed by atoms with E-state index in [0.29, 0.717) is 22.0 Å². The van der Waals surface area contributed by atoms with Gasteiger partial charge in [0.15, 0.2) is 0 Å². The van der Waals surface area contributed by atoms with Gasteiger partial charge in [-0.15, -0.1) is 11.3 Å². The van der Waals surface area contributed by atoms with Gasteiger partial charge in [0.2, 0.25) is 10.0 Å². The van der Waals surface area contributed by atoms with Crippen molar-refractivity contribution in [3.63, 3.8) is 0 Å². The van der Waals surface area contributed by atoms with Crippen molar-refractivity contribution in [1.82, 2.24) is 4.31 Å². The molecule has 1 aromatic heterocycles. The summed E-state index contributed by atoms with van der Waals surface area (Å²) in [5.74, 6) is 0. The van der Waals surface area contributed by atoms with Crippen molar-refractivity contribution in [3.05, 3.63) is 13.1 Å². The summed E-state index contributed by atoms with van der Waals surface area (Å²) >= 11 is 16.2. The minimum absolute atomic E-state index is 0.0622. The van der Waals surface area contributed by atoms with E-state index in [9.17, 15) is 8.42 Å². The van der Waals surface area contributed by atoms with Gasteiger partial charge in [-0.1, -0.05) is 23.2 Å². The fraction of sp³-hybridized carbons (Fsp3) is 0.600. The van der Waals surface area contributed by atoms with Crippen LogP contribution in [0.2, 0.25) is 8.67 Å². The number of ether oxygens (including phenoxy) is 1. The van der Waals surface area contributed by atoms with Crippen LogP contribution in [-0.2, 0) is 14.8 Å². The minimum Gasteiger partial charge on any atom is -0.383 e. The first kappa shape index (κ1) is 16.0. The number of sulfonamides is 1. The van der Waals surface area contributed by atoms with Crippen LogP contribution in [0, 0.1) is 0 Å². The second-order valence-corrected chi connectivity index (χ2v) is 9.00. The predicted octanol–water partition coefficient (Wildman–Crippen LogP) is 3.62. The van der Waals surface area contributed by atoms with E-state index >= 15 is 0 Å². The highest BCUT2D eigenvalue weighted by Gasteiger charge is 2.38. The van der Waals surface area contributed by atoms with Crippen LogP contribution in [0.25, 0.3) is 0 Å². The van der Waals surface area contributed by atoms with Crippen molar-refractivity contribution in [2.45, 2.75) is 23.8 Å². The topological polar surface area (TPSA) is 46.6 Å². The zero-order chi connectivity index (χ0) is 14.2. The van der Waals surface area contributed by atoms with Gasteiger partial charge in [-0.2, -0.15) is 4.31 Å². The Morgan fingerprint density at radius 3 is 2.68 bits per heavy atom. The summed E-state index contributed by atoms with van der Waals surface area (Å²) < 4.78 is 32.7. The lowest BCUT2D eigenvalue weighted by molar-refractivity contribution is 0.149. The Balaban J connectivity index is 2.42. The van der Waals surface area contributed by atoms with Gasteiger partial charge < -0.3 is 4.74 Å². The molecule has 108 valence electrons. The first-order chi connectivity index (χ1) is 8.89. The van der Waals surface area contributed by atoms with E-state index < -0.39 is 10.0 Å². The molecule has 1 fully saturated rings. The van der Waals surface area contributed by atoms with E-state index in [1.54, 1.807) is 7.11 Å². The molecule has 1 unspecified atom stereocenters. The average Bonchev–Trinajstić information content (AvgIpc) is 2.86. The number of hydrogen-bond donors (Lipinski definition) is 0. The summed E-state index contributed by atoms with van der Waals surface area (Å²) in [6, 6.07) is -0.142. The zero-order valence-corrected chi connectivity index (χ0v) is 14.8. The number of hydrogen-bond acceptors (Lipinski definition) is 4. The molecule has 2 rings (SSSR count). The highest BCUT2D eigenvalue weighted by Crippen LogP contribution is 2.45. The van der Waals surface area contributed by atoms with Crippen molar-refractivity contribution >= 4 is 60.5 Å². The number of nitrogens with zero attached hydrogens (tertiary/aromatic N) is 1. The quantitative estimate of drug-likeness (QED) is 0.764. The monoisotopic (exact) mass is 407 g/mol. The van der Waals surface area contributed by atoms with Gasteiger partial charge in [-0.3, -0.25) is 0 Å². The first-order valence-electron chi connectivity index (χ1n) is 5.53. The SMILES string of the molecule is COCC1CCCN1S(=O)(=O)c1c(Cl)sc(Cl)c1Br. The van der Waals surface area contributed by atoms with Crippen molar-refractivity contribution < 1.29 is 13.2 Å². The summed E-state index contributed by atoms with van der Waals surface area (Å²) in [5.41, 5.74) is 0. The molecule has 1 aliphatic rings. The van der Waals surface area contributed by atoms with Crippen molar-refractivity contribution in [2.24, 2.45) is 0 Å². The molecule has 1 atom stereocenters. The van der Waals surface area contributed by atoms with Crippen LogP contribution < -0.4 is 0 Å². The molecule has 1 aromatic rings. The van der Waals surface area contributed by atoms with Crippen LogP contribution in [0.3, 0.4) is 0 Å². The number of halogens is 3. The Labute approximate surface area is 134 Å². The van der Waals surface area contributed by atoms with E-state index in [-0.39, 0.29) is 15.3 Å². The van der Waals surface area contributed by atoms with Crippen LogP contribution in [0.15, 0.2) is 9.37 Å². The van der Waals surface area contributed by atoms with Gasteiger partial charge in [-0.25, -0.2) is 8.42 Å². The standard InChI is InChI=1S/C10H12BrCl2NO3S2/c1-17-5-6-3-2-4-14(6)19(15,16)8-7(11)9(12)18-10(8)13/h6H,2-5H2,1H3. The second kappa shape index (κ2) is 6.17. The van der Waals surface area contributed by atoms with E-state index in [4.69, 9.17) is 27.9 Å². The molecule has 0 saturated carbocycles. The Kier molecular flexibility index (Phi) is 5.20. The molecule has 0 amide bonds. The van der Waals surface area contributed by atoms with Gasteiger partial charge in [0.05, 0.1) is 11.1 Å². The largest absolute Gasteiger partial charge is 0.383 e. The second-order valence-electron chi connectivity index (χ2n) is 4.16. The zero-order valence-electron chi connectivity index (χ0n) is 10.0. The Morgan fingerprint density at radius 1 is 1.47 bits per heavy atom. The van der Waals surface area contributed by atoms with E-state index in [1.807, 2.05) is 0 Å².